The lowest BCUT2D eigenvalue weighted by Gasteiger charge is -2.20. The summed E-state index contributed by atoms with van der Waals surface area (Å²) in [6, 6.07) is 7.30. The van der Waals surface area contributed by atoms with E-state index in [4.69, 9.17) is 27.9 Å². The van der Waals surface area contributed by atoms with Crippen molar-refractivity contribution in [2.75, 3.05) is 11.1 Å². The molecule has 0 bridgehead atoms. The first kappa shape index (κ1) is 26.6. The zero-order valence-corrected chi connectivity index (χ0v) is 22.9. The first-order chi connectivity index (χ1) is 17.4. The summed E-state index contributed by atoms with van der Waals surface area (Å²) in [5, 5.41) is 23.3. The molecule has 0 spiro atoms. The van der Waals surface area contributed by atoms with Gasteiger partial charge in [-0.25, -0.2) is 0 Å². The molecule has 0 radical (unpaired) electrons. The molecule has 2 heterocycles. The smallest absolute Gasteiger partial charge is 0.235 e. The van der Waals surface area contributed by atoms with E-state index in [1.54, 1.807) is 24.3 Å². The minimum Gasteiger partial charge on any atom is -0.484 e. The van der Waals surface area contributed by atoms with E-state index in [9.17, 15) is 10.1 Å². The third-order valence-electron chi connectivity index (χ3n) is 6.00. The standard InChI is InChI=1S/C25H25Cl2N5O2S2/c1-3-9-32-22(13-34-20-8-6-16(26)11-19(20)27)30-31-25(32)35-14-23(33)29-24-18(12-28)17-7-5-15(4-2)10-21(17)36-24/h3,6,8,11,15H,1,4-5,7,9-10,13-14H2,2H3,(H,29,33). The van der Waals surface area contributed by atoms with Gasteiger partial charge in [-0.1, -0.05) is 54.4 Å². The number of ether oxygens (including phenoxy) is 1. The van der Waals surface area contributed by atoms with Gasteiger partial charge in [0.15, 0.2) is 11.0 Å². The Morgan fingerprint density at radius 3 is 3.00 bits per heavy atom. The Labute approximate surface area is 228 Å². The zero-order valence-electron chi connectivity index (χ0n) is 19.7. The minimum absolute atomic E-state index is 0.129. The highest BCUT2D eigenvalue weighted by atomic mass is 35.5. The van der Waals surface area contributed by atoms with Gasteiger partial charge in [-0.05, 0) is 48.9 Å². The molecule has 1 N–H and O–H groups in total. The summed E-state index contributed by atoms with van der Waals surface area (Å²) in [6.07, 6.45) is 5.82. The monoisotopic (exact) mass is 561 g/mol. The van der Waals surface area contributed by atoms with Crippen molar-refractivity contribution in [2.45, 2.75) is 50.9 Å². The molecular weight excluding hydrogens is 537 g/mol. The number of nitriles is 1. The molecule has 7 nitrogen and oxygen atoms in total. The largest absolute Gasteiger partial charge is 0.484 e. The van der Waals surface area contributed by atoms with E-state index < -0.39 is 0 Å². The summed E-state index contributed by atoms with van der Waals surface area (Å²) < 4.78 is 7.64. The predicted octanol–water partition coefficient (Wildman–Crippen LogP) is 6.53. The Morgan fingerprint density at radius 2 is 2.28 bits per heavy atom. The predicted molar refractivity (Wildman–Crippen MR) is 145 cm³/mol. The van der Waals surface area contributed by atoms with Crippen LogP contribution in [0.1, 0.15) is 41.6 Å². The number of aromatic nitrogens is 3. The Balaban J connectivity index is 1.40. The van der Waals surface area contributed by atoms with Gasteiger partial charge in [0.2, 0.25) is 5.91 Å². The third kappa shape index (κ3) is 6.06. The third-order valence-corrected chi connectivity index (χ3v) is 8.66. The van der Waals surface area contributed by atoms with Gasteiger partial charge < -0.3 is 10.1 Å². The summed E-state index contributed by atoms with van der Waals surface area (Å²) in [7, 11) is 0. The molecular formula is C25H25Cl2N5O2S2. The number of rotatable bonds is 10. The van der Waals surface area contributed by atoms with Crippen molar-refractivity contribution in [3.63, 3.8) is 0 Å². The van der Waals surface area contributed by atoms with E-state index >= 15 is 0 Å². The Hall–Kier alpha value is -2.51. The molecule has 1 atom stereocenters. The van der Waals surface area contributed by atoms with Crippen LogP contribution in [0.15, 0.2) is 36.0 Å². The van der Waals surface area contributed by atoms with Crippen LogP contribution in [0.5, 0.6) is 5.75 Å². The Morgan fingerprint density at radius 1 is 1.44 bits per heavy atom. The lowest BCUT2D eigenvalue weighted by atomic mass is 9.86. The second-order valence-corrected chi connectivity index (χ2v) is 11.2. The maximum atomic E-state index is 12.8. The highest BCUT2D eigenvalue weighted by Crippen LogP contribution is 2.40. The Kier molecular flexibility index (Phi) is 8.96. The van der Waals surface area contributed by atoms with E-state index in [0.29, 0.717) is 49.8 Å². The van der Waals surface area contributed by atoms with Crippen molar-refractivity contribution in [2.24, 2.45) is 5.92 Å². The molecule has 36 heavy (non-hydrogen) atoms. The highest BCUT2D eigenvalue weighted by molar-refractivity contribution is 7.99. The summed E-state index contributed by atoms with van der Waals surface area (Å²) in [4.78, 5) is 14.0. The minimum atomic E-state index is -0.193. The lowest BCUT2D eigenvalue weighted by molar-refractivity contribution is -0.113. The number of hydrogen-bond donors (Lipinski definition) is 1. The highest BCUT2D eigenvalue weighted by Gasteiger charge is 2.26. The molecule has 0 fully saturated rings. The molecule has 4 rings (SSSR count). The fourth-order valence-corrected chi connectivity index (χ4v) is 6.64. The van der Waals surface area contributed by atoms with Gasteiger partial charge in [-0.2, -0.15) is 5.26 Å². The summed E-state index contributed by atoms with van der Waals surface area (Å²) >= 11 is 14.9. The normalized spacial score (nSPS) is 14.7. The maximum absolute atomic E-state index is 12.8. The molecule has 1 unspecified atom stereocenters. The fourth-order valence-electron chi connectivity index (χ4n) is 4.08. The van der Waals surface area contributed by atoms with Gasteiger partial charge in [0, 0.05) is 16.4 Å². The first-order valence-electron chi connectivity index (χ1n) is 11.5. The number of fused-ring (bicyclic) bond motifs is 1. The van der Waals surface area contributed by atoms with E-state index in [-0.39, 0.29) is 18.3 Å². The first-order valence-corrected chi connectivity index (χ1v) is 14.1. The van der Waals surface area contributed by atoms with Crippen LogP contribution in [0.2, 0.25) is 10.0 Å². The molecule has 11 heteroatoms. The van der Waals surface area contributed by atoms with Crippen molar-refractivity contribution in [3.8, 4) is 11.8 Å². The lowest BCUT2D eigenvalue weighted by Crippen LogP contribution is -2.15. The van der Waals surface area contributed by atoms with Gasteiger partial charge >= 0.3 is 0 Å². The molecule has 3 aromatic rings. The second kappa shape index (κ2) is 12.2. The van der Waals surface area contributed by atoms with E-state index in [2.05, 4.69) is 35.1 Å². The number of amides is 1. The molecule has 188 valence electrons. The van der Waals surface area contributed by atoms with E-state index in [1.165, 1.54) is 28.0 Å². The number of halogens is 2. The number of thiophene rings is 1. The number of allylic oxidation sites excluding steroid dienone is 1. The molecule has 1 aliphatic rings. The molecule has 2 aromatic heterocycles. The molecule has 1 aliphatic carbocycles. The summed E-state index contributed by atoms with van der Waals surface area (Å²) in [6.45, 7) is 6.60. The van der Waals surface area contributed by atoms with Crippen molar-refractivity contribution in [3.05, 3.63) is 62.7 Å². The van der Waals surface area contributed by atoms with Crippen molar-refractivity contribution in [1.29, 1.82) is 5.26 Å². The summed E-state index contributed by atoms with van der Waals surface area (Å²) in [5.74, 6) is 1.64. The Bertz CT molecular complexity index is 1310. The van der Waals surface area contributed by atoms with Crippen LogP contribution < -0.4 is 10.1 Å². The van der Waals surface area contributed by atoms with Gasteiger partial charge in [0.05, 0.1) is 16.3 Å². The number of anilines is 1. The number of thioether (sulfide) groups is 1. The van der Waals surface area contributed by atoms with Gasteiger partial charge in [-0.15, -0.1) is 28.1 Å². The fraction of sp³-hybridized carbons (Fsp3) is 0.360. The van der Waals surface area contributed by atoms with Crippen molar-refractivity contribution < 1.29 is 9.53 Å². The van der Waals surface area contributed by atoms with E-state index in [1.807, 2.05) is 4.57 Å². The average molecular weight is 563 g/mol. The van der Waals surface area contributed by atoms with Crippen molar-refractivity contribution in [1.82, 2.24) is 14.8 Å². The van der Waals surface area contributed by atoms with Gasteiger partial charge in [-0.3, -0.25) is 9.36 Å². The number of nitrogens with one attached hydrogen (secondary N) is 1. The maximum Gasteiger partial charge on any atom is 0.235 e. The number of carbonyl (C=O) groups excluding carboxylic acids is 1. The zero-order chi connectivity index (χ0) is 25.7. The van der Waals surface area contributed by atoms with Crippen LogP contribution in [0, 0.1) is 17.2 Å². The van der Waals surface area contributed by atoms with Gasteiger partial charge in [0.1, 0.15) is 23.4 Å². The van der Waals surface area contributed by atoms with Crippen LogP contribution in [0.4, 0.5) is 5.00 Å². The molecule has 0 saturated heterocycles. The van der Waals surface area contributed by atoms with Crippen molar-refractivity contribution >= 4 is 57.2 Å². The average Bonchev–Trinajstić information content (AvgIpc) is 3.41. The van der Waals surface area contributed by atoms with Crippen LogP contribution in [0.25, 0.3) is 0 Å². The number of benzene rings is 1. The number of hydrogen-bond acceptors (Lipinski definition) is 7. The summed E-state index contributed by atoms with van der Waals surface area (Å²) in [5.41, 5.74) is 1.71. The number of nitrogens with zero attached hydrogens (tertiary/aromatic N) is 4. The van der Waals surface area contributed by atoms with Crippen LogP contribution in [0.3, 0.4) is 0 Å². The molecule has 0 saturated carbocycles. The van der Waals surface area contributed by atoms with Crippen LogP contribution in [-0.4, -0.2) is 26.4 Å². The second-order valence-electron chi connectivity index (χ2n) is 8.34. The van der Waals surface area contributed by atoms with E-state index in [0.717, 1.165) is 31.2 Å². The van der Waals surface area contributed by atoms with Gasteiger partial charge in [0.25, 0.3) is 0 Å². The van der Waals surface area contributed by atoms with Crippen LogP contribution in [-0.2, 0) is 30.8 Å². The topological polar surface area (TPSA) is 92.8 Å². The quantitative estimate of drug-likeness (QED) is 0.223. The number of carbonyl (C=O) groups is 1. The van der Waals surface area contributed by atoms with Crippen LogP contribution >= 0.6 is 46.3 Å². The molecule has 1 aromatic carbocycles. The molecule has 0 aliphatic heterocycles. The SMILES string of the molecule is C=CCn1c(COc2ccc(Cl)cc2Cl)nnc1SCC(=O)Nc1sc2c(c1C#N)CCC(CC)C2. The molecule has 1 amide bonds.